The highest BCUT2D eigenvalue weighted by Gasteiger charge is 2.03. The average Bonchev–Trinajstić information content (AvgIpc) is 2.09. The summed E-state index contributed by atoms with van der Waals surface area (Å²) in [6.45, 7) is 0. The molecular formula is C7H4ClN3O. The molecule has 5 heteroatoms. The maximum absolute atomic E-state index is 10.7. The minimum absolute atomic E-state index is 0.112. The molecule has 0 unspecified atom stereocenters. The Balaban J connectivity index is 2.84. The van der Waals surface area contributed by atoms with E-state index in [0.717, 1.165) is 0 Å². The van der Waals surface area contributed by atoms with Crippen LogP contribution in [0.3, 0.4) is 0 Å². The number of anilines is 1. The number of carbonyl (C=O) groups is 1. The molecule has 0 spiro atoms. The Morgan fingerprint density at radius 1 is 1.58 bits per heavy atom. The van der Waals surface area contributed by atoms with Gasteiger partial charge in [0.1, 0.15) is 0 Å². The SMILES string of the molecule is C#CC(=O)Nc1nccnc1Cl. The first kappa shape index (κ1) is 8.50. The highest BCUT2D eigenvalue weighted by molar-refractivity contribution is 6.32. The van der Waals surface area contributed by atoms with Crippen LogP contribution in [0.5, 0.6) is 0 Å². The Hall–Kier alpha value is -1.60. The first-order valence-electron chi connectivity index (χ1n) is 2.98. The van der Waals surface area contributed by atoms with Gasteiger partial charge < -0.3 is 0 Å². The summed E-state index contributed by atoms with van der Waals surface area (Å²) in [5, 5.41) is 2.39. The van der Waals surface area contributed by atoms with Gasteiger partial charge in [0.25, 0.3) is 0 Å². The van der Waals surface area contributed by atoms with Crippen molar-refractivity contribution < 1.29 is 4.79 Å². The van der Waals surface area contributed by atoms with E-state index in [-0.39, 0.29) is 11.0 Å². The van der Waals surface area contributed by atoms with Crippen molar-refractivity contribution >= 4 is 23.3 Å². The van der Waals surface area contributed by atoms with Crippen LogP contribution in [0, 0.1) is 12.3 Å². The van der Waals surface area contributed by atoms with Gasteiger partial charge in [0, 0.05) is 12.4 Å². The van der Waals surface area contributed by atoms with Gasteiger partial charge in [-0.1, -0.05) is 11.6 Å². The fourth-order valence-electron chi connectivity index (χ4n) is 0.549. The molecule has 0 fully saturated rings. The zero-order valence-corrected chi connectivity index (χ0v) is 6.67. The van der Waals surface area contributed by atoms with Gasteiger partial charge in [0.2, 0.25) is 0 Å². The lowest BCUT2D eigenvalue weighted by molar-refractivity contribution is -0.111. The van der Waals surface area contributed by atoms with E-state index in [4.69, 9.17) is 18.0 Å². The van der Waals surface area contributed by atoms with E-state index in [0.29, 0.717) is 0 Å². The van der Waals surface area contributed by atoms with Gasteiger partial charge in [0.15, 0.2) is 11.0 Å². The van der Waals surface area contributed by atoms with Gasteiger partial charge in [-0.05, 0) is 5.92 Å². The molecule has 4 nitrogen and oxygen atoms in total. The van der Waals surface area contributed by atoms with E-state index in [1.165, 1.54) is 12.4 Å². The minimum atomic E-state index is -0.600. The molecule has 0 aromatic carbocycles. The molecule has 12 heavy (non-hydrogen) atoms. The van der Waals surface area contributed by atoms with E-state index in [1.54, 1.807) is 0 Å². The number of aromatic nitrogens is 2. The van der Waals surface area contributed by atoms with Crippen LogP contribution in [0.25, 0.3) is 0 Å². The smallest absolute Gasteiger partial charge is 0.297 e. The summed E-state index contributed by atoms with van der Waals surface area (Å²) in [4.78, 5) is 18.1. The van der Waals surface area contributed by atoms with Gasteiger partial charge in [-0.15, -0.1) is 6.42 Å². The van der Waals surface area contributed by atoms with Crippen LogP contribution >= 0.6 is 11.6 Å². The molecule has 1 aromatic rings. The first-order valence-corrected chi connectivity index (χ1v) is 3.36. The second-order valence-corrected chi connectivity index (χ2v) is 2.15. The Morgan fingerprint density at radius 2 is 2.25 bits per heavy atom. The van der Waals surface area contributed by atoms with Crippen molar-refractivity contribution in [3.63, 3.8) is 0 Å². The van der Waals surface area contributed by atoms with Crippen molar-refractivity contribution in [1.82, 2.24) is 9.97 Å². The van der Waals surface area contributed by atoms with Crippen molar-refractivity contribution in [2.45, 2.75) is 0 Å². The predicted octanol–water partition coefficient (Wildman–Crippen LogP) is 0.702. The molecule has 0 bridgehead atoms. The number of hydrogen-bond acceptors (Lipinski definition) is 3. The standard InChI is InChI=1S/C7H4ClN3O/c1-2-5(12)11-7-6(8)9-3-4-10-7/h1,3-4H,(H,10,11,12). The molecule has 1 aromatic heterocycles. The third-order valence-electron chi connectivity index (χ3n) is 1.02. The molecule has 1 amide bonds. The monoisotopic (exact) mass is 181 g/mol. The number of halogens is 1. The van der Waals surface area contributed by atoms with Crippen LogP contribution in [-0.2, 0) is 4.79 Å². The molecule has 1 heterocycles. The van der Waals surface area contributed by atoms with Crippen molar-refractivity contribution in [1.29, 1.82) is 0 Å². The van der Waals surface area contributed by atoms with E-state index in [9.17, 15) is 4.79 Å². The molecule has 0 aliphatic rings. The summed E-state index contributed by atoms with van der Waals surface area (Å²) in [6.07, 6.45) is 7.63. The maximum Gasteiger partial charge on any atom is 0.301 e. The first-order chi connectivity index (χ1) is 5.74. The number of carbonyl (C=O) groups excluding carboxylic acids is 1. The van der Waals surface area contributed by atoms with Gasteiger partial charge in [0.05, 0.1) is 0 Å². The van der Waals surface area contributed by atoms with Gasteiger partial charge in [-0.2, -0.15) is 0 Å². The number of terminal acetylenes is 1. The summed E-state index contributed by atoms with van der Waals surface area (Å²) >= 11 is 5.57. The van der Waals surface area contributed by atoms with E-state index in [1.807, 2.05) is 5.92 Å². The Kier molecular flexibility index (Phi) is 2.62. The van der Waals surface area contributed by atoms with Crippen molar-refractivity contribution in [2.24, 2.45) is 0 Å². The van der Waals surface area contributed by atoms with Gasteiger partial charge >= 0.3 is 5.91 Å². The lowest BCUT2D eigenvalue weighted by Crippen LogP contribution is -2.10. The van der Waals surface area contributed by atoms with Crippen LogP contribution in [0.15, 0.2) is 12.4 Å². The number of hydrogen-bond donors (Lipinski definition) is 1. The second-order valence-electron chi connectivity index (χ2n) is 1.79. The van der Waals surface area contributed by atoms with E-state index < -0.39 is 5.91 Å². The Labute approximate surface area is 74.0 Å². The number of nitrogens with one attached hydrogen (secondary N) is 1. The molecule has 1 rings (SSSR count). The van der Waals surface area contributed by atoms with Crippen LogP contribution < -0.4 is 5.32 Å². The highest BCUT2D eigenvalue weighted by atomic mass is 35.5. The van der Waals surface area contributed by atoms with Crippen molar-refractivity contribution in [3.8, 4) is 12.3 Å². The van der Waals surface area contributed by atoms with E-state index in [2.05, 4.69) is 15.3 Å². The summed E-state index contributed by atoms with van der Waals surface area (Å²) in [5.74, 6) is 1.43. The fourth-order valence-corrected chi connectivity index (χ4v) is 0.701. The number of rotatable bonds is 1. The summed E-state index contributed by atoms with van der Waals surface area (Å²) in [5.41, 5.74) is 0. The summed E-state index contributed by atoms with van der Waals surface area (Å²) < 4.78 is 0. The van der Waals surface area contributed by atoms with Crippen LogP contribution in [-0.4, -0.2) is 15.9 Å². The average molecular weight is 182 g/mol. The van der Waals surface area contributed by atoms with Crippen LogP contribution in [0.2, 0.25) is 5.15 Å². The molecule has 1 N–H and O–H groups in total. The van der Waals surface area contributed by atoms with Crippen molar-refractivity contribution in [3.05, 3.63) is 17.5 Å². The Morgan fingerprint density at radius 3 is 2.83 bits per heavy atom. The molecule has 0 radical (unpaired) electrons. The molecule has 0 aliphatic heterocycles. The van der Waals surface area contributed by atoms with Gasteiger partial charge in [-0.25, -0.2) is 9.97 Å². The largest absolute Gasteiger partial charge is 0.301 e. The molecule has 0 aliphatic carbocycles. The normalized spacial score (nSPS) is 8.67. The lowest BCUT2D eigenvalue weighted by Gasteiger charge is -1.99. The maximum atomic E-state index is 10.7. The van der Waals surface area contributed by atoms with Gasteiger partial charge in [-0.3, -0.25) is 10.1 Å². The molecule has 0 atom stereocenters. The Bertz CT molecular complexity index is 345. The minimum Gasteiger partial charge on any atom is -0.297 e. The summed E-state index contributed by atoms with van der Waals surface area (Å²) in [7, 11) is 0. The van der Waals surface area contributed by atoms with Crippen molar-refractivity contribution in [2.75, 3.05) is 5.32 Å². The number of amides is 1. The topological polar surface area (TPSA) is 54.9 Å². The third-order valence-corrected chi connectivity index (χ3v) is 1.29. The van der Waals surface area contributed by atoms with Crippen LogP contribution in [0.1, 0.15) is 0 Å². The predicted molar refractivity (Wildman–Crippen MR) is 44.5 cm³/mol. The molecule has 0 saturated carbocycles. The number of nitrogens with zero attached hydrogens (tertiary/aromatic N) is 2. The molecule has 0 saturated heterocycles. The quantitative estimate of drug-likeness (QED) is 0.649. The molecular weight excluding hydrogens is 178 g/mol. The third kappa shape index (κ3) is 1.94. The zero-order chi connectivity index (χ0) is 8.97. The highest BCUT2D eigenvalue weighted by Crippen LogP contribution is 2.13. The second kappa shape index (κ2) is 3.69. The zero-order valence-electron chi connectivity index (χ0n) is 5.91. The lowest BCUT2D eigenvalue weighted by atomic mass is 10.6. The molecule has 60 valence electrons. The summed E-state index contributed by atoms with van der Waals surface area (Å²) in [6, 6.07) is 0. The van der Waals surface area contributed by atoms with Crippen LogP contribution in [0.4, 0.5) is 5.82 Å². The van der Waals surface area contributed by atoms with E-state index >= 15 is 0 Å². The fraction of sp³-hybridized carbons (Fsp3) is 0.